The molecule has 0 N–H and O–H groups in total. The van der Waals surface area contributed by atoms with E-state index in [9.17, 15) is 18.0 Å². The Hall–Kier alpha value is -1.26. The molecule has 0 unspecified atom stereocenters. The summed E-state index contributed by atoms with van der Waals surface area (Å²) in [5.41, 5.74) is -0.510. The smallest absolute Gasteiger partial charge is 0.494 e. The van der Waals surface area contributed by atoms with Crippen molar-refractivity contribution in [2.75, 3.05) is 14.2 Å². The van der Waals surface area contributed by atoms with Crippen LogP contribution in [0.1, 0.15) is 10.4 Å². The molecule has 5 nitrogen and oxygen atoms in total. The first kappa shape index (κ1) is 14.8. The maximum atomic E-state index is 12.2. The lowest BCUT2D eigenvalue weighted by atomic mass is 10.2. The number of esters is 1. The third kappa shape index (κ3) is 3.37. The minimum atomic E-state index is -4.96. The number of alkyl halides is 3. The topological polar surface area (TPSA) is 57.7 Å². The number of halogens is 4. The number of methoxy groups -OCH3 is 2. The molecule has 0 aliphatic rings. The summed E-state index contributed by atoms with van der Waals surface area (Å²) in [6.45, 7) is 0. The van der Waals surface area contributed by atoms with Gasteiger partial charge in [0.25, 0.3) is 0 Å². The first-order valence-electron chi connectivity index (χ1n) is 4.36. The summed E-state index contributed by atoms with van der Waals surface area (Å²) >= 11 is 1.76. The molecule has 9 heteroatoms. The minimum Gasteiger partial charge on any atom is -0.494 e. The largest absolute Gasteiger partial charge is 0.574 e. The van der Waals surface area contributed by atoms with E-state index in [1.165, 1.54) is 7.11 Å². The van der Waals surface area contributed by atoms with Gasteiger partial charge in [0.05, 0.1) is 17.8 Å². The van der Waals surface area contributed by atoms with E-state index >= 15 is 0 Å². The Bertz CT molecular complexity index is 464. The third-order valence-electron chi connectivity index (χ3n) is 1.76. The zero-order chi connectivity index (χ0) is 13.9. The summed E-state index contributed by atoms with van der Waals surface area (Å²) < 4.78 is 49.8. The van der Waals surface area contributed by atoms with Crippen LogP contribution >= 0.6 is 22.6 Å². The van der Waals surface area contributed by atoms with Gasteiger partial charge in [0.1, 0.15) is 0 Å². The number of rotatable bonds is 3. The van der Waals surface area contributed by atoms with Gasteiger partial charge in [0.2, 0.25) is 5.88 Å². The van der Waals surface area contributed by atoms with E-state index in [1.807, 2.05) is 0 Å². The van der Waals surface area contributed by atoms with E-state index < -0.39 is 23.8 Å². The lowest BCUT2D eigenvalue weighted by Crippen LogP contribution is -2.21. The lowest BCUT2D eigenvalue weighted by molar-refractivity contribution is -0.276. The summed E-state index contributed by atoms with van der Waals surface area (Å²) in [6.07, 6.45) is -3.87. The van der Waals surface area contributed by atoms with Gasteiger partial charge in [-0.15, -0.1) is 13.2 Å². The van der Waals surface area contributed by atoms with E-state index in [2.05, 4.69) is 14.5 Å². The highest BCUT2D eigenvalue weighted by Crippen LogP contribution is 2.34. The first-order valence-corrected chi connectivity index (χ1v) is 5.44. The fraction of sp³-hybridized carbons (Fsp3) is 0.333. The van der Waals surface area contributed by atoms with Crippen LogP contribution < -0.4 is 9.47 Å². The highest BCUT2D eigenvalue weighted by atomic mass is 127. The molecule has 0 atom stereocenters. The van der Waals surface area contributed by atoms with Crippen LogP contribution in [0.25, 0.3) is 0 Å². The zero-order valence-electron chi connectivity index (χ0n) is 9.17. The summed E-state index contributed by atoms with van der Waals surface area (Å²) in [6, 6.07) is 0. The second-order valence-corrected chi connectivity index (χ2v) is 4.02. The standard InChI is InChI=1S/C9H7F3INO4/c1-16-6-4(13)3-14-7(18-9(10,11)12)5(6)8(15)17-2/h3H,1-2H3. The fourth-order valence-electron chi connectivity index (χ4n) is 1.12. The number of carbonyl (C=O) groups is 1. The van der Waals surface area contributed by atoms with Crippen molar-refractivity contribution in [1.29, 1.82) is 0 Å². The molecule has 0 spiro atoms. The van der Waals surface area contributed by atoms with E-state index in [0.717, 1.165) is 13.3 Å². The van der Waals surface area contributed by atoms with Gasteiger partial charge in [-0.3, -0.25) is 0 Å². The quantitative estimate of drug-likeness (QED) is 0.598. The van der Waals surface area contributed by atoms with Crippen LogP contribution in [0.15, 0.2) is 6.20 Å². The van der Waals surface area contributed by atoms with Crippen molar-refractivity contribution >= 4 is 28.6 Å². The van der Waals surface area contributed by atoms with Crippen molar-refractivity contribution in [3.63, 3.8) is 0 Å². The lowest BCUT2D eigenvalue weighted by Gasteiger charge is -2.14. The molecule has 0 aromatic carbocycles. The fourth-order valence-corrected chi connectivity index (χ4v) is 1.75. The Balaban J connectivity index is 3.38. The van der Waals surface area contributed by atoms with Gasteiger partial charge in [-0.05, 0) is 22.6 Å². The van der Waals surface area contributed by atoms with E-state index in [-0.39, 0.29) is 5.75 Å². The van der Waals surface area contributed by atoms with Crippen molar-refractivity contribution in [1.82, 2.24) is 4.98 Å². The summed E-state index contributed by atoms with van der Waals surface area (Å²) in [5, 5.41) is 0. The van der Waals surface area contributed by atoms with Crippen LogP contribution in [0.5, 0.6) is 11.6 Å². The second-order valence-electron chi connectivity index (χ2n) is 2.86. The van der Waals surface area contributed by atoms with Crippen LogP contribution in [0.2, 0.25) is 0 Å². The van der Waals surface area contributed by atoms with Crippen molar-refractivity contribution in [3.05, 3.63) is 15.3 Å². The average molecular weight is 377 g/mol. The van der Waals surface area contributed by atoms with Gasteiger partial charge in [0.15, 0.2) is 11.3 Å². The van der Waals surface area contributed by atoms with Gasteiger partial charge in [-0.1, -0.05) is 0 Å². The van der Waals surface area contributed by atoms with Crippen LogP contribution in [-0.2, 0) is 4.74 Å². The van der Waals surface area contributed by atoms with Gasteiger partial charge in [-0.2, -0.15) is 0 Å². The Kier molecular flexibility index (Phi) is 4.59. The molecule has 1 aromatic rings. The molecule has 18 heavy (non-hydrogen) atoms. The maximum absolute atomic E-state index is 12.2. The number of pyridine rings is 1. The van der Waals surface area contributed by atoms with Crippen LogP contribution in [0.4, 0.5) is 13.2 Å². The van der Waals surface area contributed by atoms with E-state index in [4.69, 9.17) is 4.74 Å². The number of aromatic nitrogens is 1. The normalized spacial score (nSPS) is 11.0. The molecular formula is C9H7F3INO4. The van der Waals surface area contributed by atoms with Crippen molar-refractivity contribution in [2.24, 2.45) is 0 Å². The summed E-state index contributed by atoms with van der Waals surface area (Å²) in [5.74, 6) is -2.03. The maximum Gasteiger partial charge on any atom is 0.574 e. The molecule has 0 amide bonds. The predicted molar refractivity (Wildman–Crippen MR) is 61.5 cm³/mol. The molecule has 0 saturated heterocycles. The number of hydrogen-bond donors (Lipinski definition) is 0. The molecule has 0 aliphatic heterocycles. The molecule has 100 valence electrons. The Morgan fingerprint density at radius 1 is 1.39 bits per heavy atom. The molecule has 1 aromatic heterocycles. The van der Waals surface area contributed by atoms with E-state index in [0.29, 0.717) is 3.57 Å². The van der Waals surface area contributed by atoms with Gasteiger partial charge in [0, 0.05) is 6.20 Å². The van der Waals surface area contributed by atoms with Crippen LogP contribution in [0, 0.1) is 3.57 Å². The number of ether oxygens (including phenoxy) is 3. The molecule has 0 bridgehead atoms. The van der Waals surface area contributed by atoms with Crippen LogP contribution in [0.3, 0.4) is 0 Å². The molecule has 1 heterocycles. The monoisotopic (exact) mass is 377 g/mol. The SMILES string of the molecule is COC(=O)c1c(OC(F)(F)F)ncc(I)c1OC. The van der Waals surface area contributed by atoms with Gasteiger partial charge < -0.3 is 14.2 Å². The Labute approximate surface area is 113 Å². The van der Waals surface area contributed by atoms with Gasteiger partial charge in [-0.25, -0.2) is 9.78 Å². The molecule has 0 fully saturated rings. The minimum absolute atomic E-state index is 0.0864. The van der Waals surface area contributed by atoms with Crippen molar-refractivity contribution in [2.45, 2.75) is 6.36 Å². The first-order chi connectivity index (χ1) is 8.30. The third-order valence-corrected chi connectivity index (χ3v) is 2.53. The molecule has 0 aliphatic carbocycles. The Morgan fingerprint density at radius 3 is 2.44 bits per heavy atom. The number of nitrogens with zero attached hydrogens (tertiary/aromatic N) is 1. The molecule has 0 saturated carbocycles. The zero-order valence-corrected chi connectivity index (χ0v) is 11.3. The summed E-state index contributed by atoms with van der Waals surface area (Å²) in [4.78, 5) is 14.9. The number of hydrogen-bond acceptors (Lipinski definition) is 5. The molecule has 1 rings (SSSR count). The van der Waals surface area contributed by atoms with Crippen molar-refractivity contribution < 1.29 is 32.2 Å². The highest BCUT2D eigenvalue weighted by molar-refractivity contribution is 14.1. The summed E-state index contributed by atoms with van der Waals surface area (Å²) in [7, 11) is 2.24. The van der Waals surface area contributed by atoms with E-state index in [1.54, 1.807) is 22.6 Å². The van der Waals surface area contributed by atoms with Gasteiger partial charge >= 0.3 is 12.3 Å². The highest BCUT2D eigenvalue weighted by Gasteiger charge is 2.35. The van der Waals surface area contributed by atoms with Crippen LogP contribution in [-0.4, -0.2) is 31.5 Å². The average Bonchev–Trinajstić information content (AvgIpc) is 2.28. The molecule has 0 radical (unpaired) electrons. The van der Waals surface area contributed by atoms with Crippen molar-refractivity contribution in [3.8, 4) is 11.6 Å². The predicted octanol–water partition coefficient (Wildman–Crippen LogP) is 2.38. The second kappa shape index (κ2) is 5.59. The number of carbonyl (C=O) groups excluding carboxylic acids is 1. The Morgan fingerprint density at radius 2 is 2.00 bits per heavy atom. The molecular weight excluding hydrogens is 370 g/mol.